The number of hydrogen-bond acceptors (Lipinski definition) is 5. The number of nitrogens with one attached hydrogen (secondary N) is 1. The number of fused-ring (bicyclic) bond motifs is 1. The molecule has 0 saturated carbocycles. The van der Waals surface area contributed by atoms with Crippen LogP contribution in [0.25, 0.3) is 11.0 Å². The summed E-state index contributed by atoms with van der Waals surface area (Å²) < 4.78 is 30.5. The third kappa shape index (κ3) is 3.06. The van der Waals surface area contributed by atoms with Crippen LogP contribution < -0.4 is 16.0 Å². The van der Waals surface area contributed by atoms with E-state index in [1.54, 1.807) is 18.2 Å². The van der Waals surface area contributed by atoms with Crippen LogP contribution in [0.15, 0.2) is 49.4 Å². The molecule has 0 spiro atoms. The first kappa shape index (κ1) is 18.3. The zero-order valence-electron chi connectivity index (χ0n) is 14.1. The van der Waals surface area contributed by atoms with Crippen LogP contribution in [-0.4, -0.2) is 22.5 Å². The van der Waals surface area contributed by atoms with E-state index in [0.29, 0.717) is 10.2 Å². The molecule has 3 aromatic rings. The fourth-order valence-corrected chi connectivity index (χ4v) is 4.27. The molecule has 136 valence electrons. The maximum absolute atomic E-state index is 12.7. The number of nitrogens with zero attached hydrogens (tertiary/aromatic N) is 3. The van der Waals surface area contributed by atoms with E-state index in [-0.39, 0.29) is 15.9 Å². The Morgan fingerprint density at radius 3 is 2.46 bits per heavy atom. The summed E-state index contributed by atoms with van der Waals surface area (Å²) in [4.78, 5) is 28.1. The molecule has 0 aliphatic rings. The first-order chi connectivity index (χ1) is 12.1. The number of aryl methyl sites for hydroxylation is 2. The molecule has 10 heteroatoms. The fourth-order valence-electron chi connectivity index (χ4n) is 2.50. The van der Waals surface area contributed by atoms with Gasteiger partial charge in [-0.05, 0) is 46.6 Å². The Labute approximate surface area is 157 Å². The molecule has 1 N–H and O–H groups in total. The largest absolute Gasteiger partial charge is 0.332 e. The molecule has 3 rings (SSSR count). The quantitative estimate of drug-likeness (QED) is 0.667. The van der Waals surface area contributed by atoms with Crippen molar-refractivity contribution in [1.82, 2.24) is 14.1 Å². The molecule has 0 radical (unpaired) electrons. The van der Waals surface area contributed by atoms with E-state index in [9.17, 15) is 18.0 Å². The smallest absolute Gasteiger partial charge is 0.280 e. The van der Waals surface area contributed by atoms with E-state index in [1.165, 1.54) is 24.7 Å². The van der Waals surface area contributed by atoms with Crippen molar-refractivity contribution < 1.29 is 8.42 Å². The summed E-state index contributed by atoms with van der Waals surface area (Å²) >= 11 is 3.32. The van der Waals surface area contributed by atoms with Gasteiger partial charge in [0.15, 0.2) is 0 Å². The molecule has 0 fully saturated rings. The van der Waals surface area contributed by atoms with Crippen molar-refractivity contribution in [3.63, 3.8) is 0 Å². The molecule has 0 amide bonds. The molecule has 2 aromatic heterocycles. The maximum Gasteiger partial charge on any atom is 0.332 e. The zero-order valence-corrected chi connectivity index (χ0v) is 16.6. The second-order valence-corrected chi connectivity index (χ2v) is 8.37. The molecular weight excluding hydrogens is 424 g/mol. The average molecular weight is 439 g/mol. The molecule has 26 heavy (non-hydrogen) atoms. The van der Waals surface area contributed by atoms with Gasteiger partial charge in [0.05, 0.1) is 11.1 Å². The van der Waals surface area contributed by atoms with Crippen LogP contribution in [0.3, 0.4) is 0 Å². The Bertz CT molecular complexity index is 1260. The van der Waals surface area contributed by atoms with Crippen molar-refractivity contribution in [3.8, 4) is 0 Å². The topological polar surface area (TPSA) is 103 Å². The summed E-state index contributed by atoms with van der Waals surface area (Å²) in [6.45, 7) is 1.89. The Kier molecular flexibility index (Phi) is 4.49. The van der Waals surface area contributed by atoms with E-state index >= 15 is 0 Å². The molecule has 0 bridgehead atoms. The lowest BCUT2D eigenvalue weighted by Gasteiger charge is -2.11. The average Bonchev–Trinajstić information content (AvgIpc) is 2.60. The van der Waals surface area contributed by atoms with Crippen molar-refractivity contribution in [2.75, 3.05) is 4.72 Å². The SMILES string of the molecule is Cc1ccc(NS(=O)(=O)c2cnc3c(c2)c(=O)n(C)c(=O)n3C)c(Br)c1. The minimum Gasteiger partial charge on any atom is -0.280 e. The Morgan fingerprint density at radius 2 is 1.81 bits per heavy atom. The zero-order chi connectivity index (χ0) is 19.2. The maximum atomic E-state index is 12.7. The van der Waals surface area contributed by atoms with Crippen molar-refractivity contribution in [2.45, 2.75) is 11.8 Å². The van der Waals surface area contributed by atoms with Gasteiger partial charge in [-0.3, -0.25) is 18.7 Å². The first-order valence-electron chi connectivity index (χ1n) is 7.46. The Balaban J connectivity index is 2.15. The standard InChI is InChI=1S/C16H15BrN4O4S/c1-9-4-5-13(12(17)6-9)19-26(24,25)10-7-11-14(18-8-10)20(2)16(23)21(3)15(11)22/h4-8,19H,1-3H3. The lowest BCUT2D eigenvalue weighted by atomic mass is 10.2. The highest BCUT2D eigenvalue weighted by atomic mass is 79.9. The van der Waals surface area contributed by atoms with Crippen LogP contribution in [0.4, 0.5) is 5.69 Å². The van der Waals surface area contributed by atoms with Crippen LogP contribution in [0, 0.1) is 6.92 Å². The molecule has 1 aromatic carbocycles. The normalized spacial score (nSPS) is 11.7. The van der Waals surface area contributed by atoms with E-state index in [4.69, 9.17) is 0 Å². The summed E-state index contributed by atoms with van der Waals surface area (Å²) in [6, 6.07) is 6.40. The van der Waals surface area contributed by atoms with Gasteiger partial charge in [0.2, 0.25) is 0 Å². The third-order valence-electron chi connectivity index (χ3n) is 3.95. The molecule has 0 saturated heterocycles. The number of hydrogen-bond donors (Lipinski definition) is 1. The van der Waals surface area contributed by atoms with Crippen LogP contribution in [0.5, 0.6) is 0 Å². The minimum atomic E-state index is -3.97. The third-order valence-corrected chi connectivity index (χ3v) is 5.94. The Morgan fingerprint density at radius 1 is 1.12 bits per heavy atom. The number of sulfonamides is 1. The molecule has 2 heterocycles. The van der Waals surface area contributed by atoms with E-state index in [1.807, 2.05) is 6.92 Å². The van der Waals surface area contributed by atoms with Gasteiger partial charge in [-0.25, -0.2) is 18.2 Å². The van der Waals surface area contributed by atoms with Gasteiger partial charge in [0.25, 0.3) is 15.6 Å². The lowest BCUT2D eigenvalue weighted by molar-refractivity contribution is 0.601. The number of halogens is 1. The van der Waals surface area contributed by atoms with Crippen LogP contribution >= 0.6 is 15.9 Å². The molecule has 0 aliphatic carbocycles. The summed E-state index contributed by atoms with van der Waals surface area (Å²) in [6.07, 6.45) is 1.12. The van der Waals surface area contributed by atoms with Gasteiger partial charge in [0.1, 0.15) is 10.5 Å². The van der Waals surface area contributed by atoms with Gasteiger partial charge < -0.3 is 0 Å². The van der Waals surface area contributed by atoms with Crippen molar-refractivity contribution in [2.24, 2.45) is 14.1 Å². The molecule has 0 aliphatic heterocycles. The lowest BCUT2D eigenvalue weighted by Crippen LogP contribution is -2.37. The van der Waals surface area contributed by atoms with Crippen molar-refractivity contribution in [1.29, 1.82) is 0 Å². The van der Waals surface area contributed by atoms with Gasteiger partial charge >= 0.3 is 5.69 Å². The van der Waals surface area contributed by atoms with Crippen LogP contribution in [0.2, 0.25) is 0 Å². The Hall–Kier alpha value is -2.46. The summed E-state index contributed by atoms with van der Waals surface area (Å²) in [5.41, 5.74) is 0.311. The van der Waals surface area contributed by atoms with Gasteiger partial charge in [-0.2, -0.15) is 0 Å². The van der Waals surface area contributed by atoms with Crippen LogP contribution in [-0.2, 0) is 24.1 Å². The fraction of sp³-hybridized carbons (Fsp3) is 0.188. The number of benzene rings is 1. The summed E-state index contributed by atoms with van der Waals surface area (Å²) in [5.74, 6) is 0. The monoisotopic (exact) mass is 438 g/mol. The highest BCUT2D eigenvalue weighted by molar-refractivity contribution is 9.10. The number of anilines is 1. The van der Waals surface area contributed by atoms with E-state index in [0.717, 1.165) is 16.3 Å². The highest BCUT2D eigenvalue weighted by Gasteiger charge is 2.19. The minimum absolute atomic E-state index is 0.0421. The summed E-state index contributed by atoms with van der Waals surface area (Å²) in [7, 11) is -1.18. The van der Waals surface area contributed by atoms with E-state index in [2.05, 4.69) is 25.6 Å². The number of rotatable bonds is 3. The molecule has 0 unspecified atom stereocenters. The molecule has 0 atom stereocenters. The first-order valence-corrected chi connectivity index (χ1v) is 9.74. The van der Waals surface area contributed by atoms with Gasteiger partial charge in [-0.15, -0.1) is 0 Å². The van der Waals surface area contributed by atoms with Gasteiger partial charge in [0, 0.05) is 24.8 Å². The predicted molar refractivity (Wildman–Crippen MR) is 102 cm³/mol. The van der Waals surface area contributed by atoms with E-state index < -0.39 is 21.3 Å². The number of pyridine rings is 1. The predicted octanol–water partition coefficient (Wildman–Crippen LogP) is 1.50. The number of aromatic nitrogens is 3. The second kappa shape index (κ2) is 6.36. The van der Waals surface area contributed by atoms with Crippen molar-refractivity contribution in [3.05, 3.63) is 61.3 Å². The molecular formula is C16H15BrN4O4S. The van der Waals surface area contributed by atoms with Gasteiger partial charge in [-0.1, -0.05) is 6.07 Å². The summed E-state index contributed by atoms with van der Waals surface area (Å²) in [5, 5.41) is 0.0421. The second-order valence-electron chi connectivity index (χ2n) is 5.84. The highest BCUT2D eigenvalue weighted by Crippen LogP contribution is 2.26. The molecule has 8 nitrogen and oxygen atoms in total. The van der Waals surface area contributed by atoms with Crippen molar-refractivity contribution >= 4 is 42.7 Å². The van der Waals surface area contributed by atoms with Crippen LogP contribution in [0.1, 0.15) is 5.56 Å².